The van der Waals surface area contributed by atoms with Crippen molar-refractivity contribution in [2.24, 2.45) is 0 Å². The Bertz CT molecular complexity index is 785. The third-order valence-corrected chi connectivity index (χ3v) is 4.35. The molecular weight excluding hydrogens is 308 g/mol. The van der Waals surface area contributed by atoms with Gasteiger partial charge >= 0.3 is 6.09 Å². The second-order valence-corrected chi connectivity index (χ2v) is 7.35. The lowest BCUT2D eigenvalue weighted by molar-refractivity contribution is 0.0224. The van der Waals surface area contributed by atoms with Gasteiger partial charge in [0.2, 0.25) is 0 Å². The van der Waals surface area contributed by atoms with Crippen LogP contribution in [0.1, 0.15) is 38.4 Å². The highest BCUT2D eigenvalue weighted by molar-refractivity contribution is 5.70. The molecule has 128 valence electrons. The number of ether oxygens (including phenoxy) is 1. The van der Waals surface area contributed by atoms with Gasteiger partial charge in [0.15, 0.2) is 5.82 Å². The summed E-state index contributed by atoms with van der Waals surface area (Å²) in [7, 11) is 0. The van der Waals surface area contributed by atoms with Crippen LogP contribution in [0.25, 0.3) is 11.5 Å². The number of hydrogen-bond acceptors (Lipinski definition) is 5. The first kappa shape index (κ1) is 15.2. The molecule has 0 unspecified atom stereocenters. The van der Waals surface area contributed by atoms with E-state index in [1.165, 1.54) is 0 Å². The van der Waals surface area contributed by atoms with Crippen molar-refractivity contribution >= 4 is 6.09 Å². The minimum Gasteiger partial charge on any atom is -0.444 e. The molecule has 8 heteroatoms. The number of rotatable bonds is 0. The van der Waals surface area contributed by atoms with Crippen molar-refractivity contribution in [1.29, 1.82) is 0 Å². The molecule has 2 aromatic heterocycles. The summed E-state index contributed by atoms with van der Waals surface area (Å²) in [5.41, 5.74) is 2.63. The zero-order valence-electron chi connectivity index (χ0n) is 14.3. The summed E-state index contributed by atoms with van der Waals surface area (Å²) in [4.78, 5) is 14.2. The maximum absolute atomic E-state index is 12.4. The molecule has 0 aliphatic carbocycles. The van der Waals surface area contributed by atoms with Crippen LogP contribution in [0.3, 0.4) is 0 Å². The first-order valence-electron chi connectivity index (χ1n) is 8.37. The Kier molecular flexibility index (Phi) is 3.36. The Labute approximate surface area is 140 Å². The van der Waals surface area contributed by atoms with Crippen molar-refractivity contribution < 1.29 is 9.53 Å². The van der Waals surface area contributed by atoms with E-state index in [2.05, 4.69) is 14.8 Å². The third-order valence-electron chi connectivity index (χ3n) is 4.35. The second kappa shape index (κ2) is 5.32. The summed E-state index contributed by atoms with van der Waals surface area (Å²) in [6, 6.07) is 0. The molecule has 2 aliphatic rings. The van der Waals surface area contributed by atoms with Crippen LogP contribution < -0.4 is 0 Å². The van der Waals surface area contributed by atoms with Crippen molar-refractivity contribution in [3.8, 4) is 11.5 Å². The van der Waals surface area contributed by atoms with Crippen molar-refractivity contribution in [3.63, 3.8) is 0 Å². The first-order chi connectivity index (χ1) is 11.4. The van der Waals surface area contributed by atoms with Gasteiger partial charge in [-0.1, -0.05) is 0 Å². The SMILES string of the molecule is CC(C)(C)OC(=O)N1CCc2nn3c(c2C1)-c1nncn1CCC3. The van der Waals surface area contributed by atoms with E-state index in [0.717, 1.165) is 48.7 Å². The standard InChI is InChI=1S/C16H22N6O2/c1-16(2,3)24-15(23)20-8-5-12-11(9-20)13-14-18-17-10-21(14)6-4-7-22(13)19-12/h10H,4-9H2,1-3H3. The van der Waals surface area contributed by atoms with Gasteiger partial charge in [0, 0.05) is 31.6 Å². The molecule has 0 spiro atoms. The Hall–Kier alpha value is -2.38. The summed E-state index contributed by atoms with van der Waals surface area (Å²) >= 11 is 0. The van der Waals surface area contributed by atoms with E-state index in [9.17, 15) is 4.79 Å². The molecule has 1 amide bonds. The zero-order chi connectivity index (χ0) is 16.9. The Morgan fingerprint density at radius 1 is 1.25 bits per heavy atom. The molecule has 2 aliphatic heterocycles. The molecule has 4 rings (SSSR count). The molecule has 0 saturated carbocycles. The topological polar surface area (TPSA) is 78.1 Å². The van der Waals surface area contributed by atoms with Crippen LogP contribution in [0.4, 0.5) is 4.79 Å². The molecule has 2 aromatic rings. The molecule has 0 bridgehead atoms. The molecule has 24 heavy (non-hydrogen) atoms. The Balaban J connectivity index is 1.68. The monoisotopic (exact) mass is 330 g/mol. The van der Waals surface area contributed by atoms with Gasteiger partial charge in [-0.15, -0.1) is 10.2 Å². The second-order valence-electron chi connectivity index (χ2n) is 7.35. The quantitative estimate of drug-likeness (QED) is 0.736. The normalized spacial score (nSPS) is 16.9. The Morgan fingerprint density at radius 3 is 2.88 bits per heavy atom. The largest absolute Gasteiger partial charge is 0.444 e. The van der Waals surface area contributed by atoms with Gasteiger partial charge in [-0.3, -0.25) is 4.68 Å². The summed E-state index contributed by atoms with van der Waals surface area (Å²) in [5.74, 6) is 0.840. The fraction of sp³-hybridized carbons (Fsp3) is 0.625. The molecule has 0 aromatic carbocycles. The van der Waals surface area contributed by atoms with Gasteiger partial charge in [-0.25, -0.2) is 4.79 Å². The van der Waals surface area contributed by atoms with Crippen LogP contribution in [0.5, 0.6) is 0 Å². The fourth-order valence-corrected chi connectivity index (χ4v) is 3.31. The van der Waals surface area contributed by atoms with E-state index in [1.54, 1.807) is 11.2 Å². The van der Waals surface area contributed by atoms with E-state index in [-0.39, 0.29) is 6.09 Å². The highest BCUT2D eigenvalue weighted by atomic mass is 16.6. The number of aromatic nitrogens is 5. The minimum atomic E-state index is -0.493. The molecule has 0 saturated heterocycles. The predicted octanol–water partition coefficient (Wildman–Crippen LogP) is 1.84. The maximum Gasteiger partial charge on any atom is 0.410 e. The lowest BCUT2D eigenvalue weighted by Gasteiger charge is -2.29. The van der Waals surface area contributed by atoms with Gasteiger partial charge in [-0.2, -0.15) is 5.10 Å². The summed E-state index contributed by atoms with van der Waals surface area (Å²) in [6.07, 6.45) is 3.22. The first-order valence-corrected chi connectivity index (χ1v) is 8.37. The van der Waals surface area contributed by atoms with E-state index in [1.807, 2.05) is 25.5 Å². The number of carbonyl (C=O) groups is 1. The van der Waals surface area contributed by atoms with Crippen molar-refractivity contribution in [2.75, 3.05) is 6.54 Å². The fourth-order valence-electron chi connectivity index (χ4n) is 3.31. The molecule has 0 radical (unpaired) electrons. The number of hydrogen-bond donors (Lipinski definition) is 0. The smallest absolute Gasteiger partial charge is 0.410 e. The van der Waals surface area contributed by atoms with Crippen LogP contribution in [0.2, 0.25) is 0 Å². The number of fused-ring (bicyclic) bond motifs is 5. The third kappa shape index (κ3) is 2.55. The number of nitrogens with zero attached hydrogens (tertiary/aromatic N) is 6. The molecule has 4 heterocycles. The average molecular weight is 330 g/mol. The highest BCUT2D eigenvalue weighted by Gasteiger charge is 2.32. The van der Waals surface area contributed by atoms with Crippen LogP contribution in [0, 0.1) is 0 Å². The van der Waals surface area contributed by atoms with Crippen LogP contribution >= 0.6 is 0 Å². The molecular formula is C16H22N6O2. The van der Waals surface area contributed by atoms with Crippen molar-refractivity contribution in [3.05, 3.63) is 17.6 Å². The van der Waals surface area contributed by atoms with E-state index in [4.69, 9.17) is 9.84 Å². The van der Waals surface area contributed by atoms with Crippen molar-refractivity contribution in [1.82, 2.24) is 29.4 Å². The number of amides is 1. The van der Waals surface area contributed by atoms with E-state index >= 15 is 0 Å². The molecule has 0 fully saturated rings. The average Bonchev–Trinajstić information content (AvgIpc) is 3.05. The van der Waals surface area contributed by atoms with Gasteiger partial charge in [0.05, 0.1) is 12.2 Å². The lowest BCUT2D eigenvalue weighted by atomic mass is 10.1. The van der Waals surface area contributed by atoms with Gasteiger partial charge in [0.25, 0.3) is 0 Å². The van der Waals surface area contributed by atoms with E-state index in [0.29, 0.717) is 13.1 Å². The van der Waals surface area contributed by atoms with Gasteiger partial charge in [-0.05, 0) is 27.2 Å². The van der Waals surface area contributed by atoms with Crippen LogP contribution in [-0.4, -0.2) is 47.7 Å². The molecule has 0 N–H and O–H groups in total. The lowest BCUT2D eigenvalue weighted by Crippen LogP contribution is -2.39. The van der Waals surface area contributed by atoms with Crippen molar-refractivity contribution in [2.45, 2.75) is 58.8 Å². The van der Waals surface area contributed by atoms with Gasteiger partial charge < -0.3 is 14.2 Å². The highest BCUT2D eigenvalue weighted by Crippen LogP contribution is 2.31. The summed E-state index contributed by atoms with van der Waals surface area (Å²) in [6.45, 7) is 8.53. The summed E-state index contributed by atoms with van der Waals surface area (Å²) < 4.78 is 9.61. The van der Waals surface area contributed by atoms with Crippen LogP contribution in [0.15, 0.2) is 6.33 Å². The number of aryl methyl sites for hydroxylation is 2. The van der Waals surface area contributed by atoms with Gasteiger partial charge in [0.1, 0.15) is 17.6 Å². The maximum atomic E-state index is 12.4. The Morgan fingerprint density at radius 2 is 2.08 bits per heavy atom. The zero-order valence-corrected chi connectivity index (χ0v) is 14.3. The minimum absolute atomic E-state index is 0.275. The molecule has 0 atom stereocenters. The molecule has 8 nitrogen and oxygen atoms in total. The summed E-state index contributed by atoms with van der Waals surface area (Å²) in [5, 5.41) is 13.1. The van der Waals surface area contributed by atoms with Crippen LogP contribution in [-0.2, 0) is 30.8 Å². The van der Waals surface area contributed by atoms with E-state index < -0.39 is 5.60 Å². The number of carbonyl (C=O) groups excluding carboxylic acids is 1. The predicted molar refractivity (Wildman–Crippen MR) is 86.2 cm³/mol.